The first-order chi connectivity index (χ1) is 15.3. The highest BCUT2D eigenvalue weighted by Crippen LogP contribution is 2.43. The Bertz CT molecular complexity index is 1800. The van der Waals surface area contributed by atoms with E-state index in [2.05, 4.69) is 84.9 Å². The summed E-state index contributed by atoms with van der Waals surface area (Å²) in [6, 6.07) is 32.9. The van der Waals surface area contributed by atoms with Gasteiger partial charge in [-0.3, -0.25) is 0 Å². The second kappa shape index (κ2) is 6.54. The van der Waals surface area contributed by atoms with Crippen molar-refractivity contribution in [3.05, 3.63) is 96.0 Å². The molecule has 0 N–H and O–H groups in total. The molecule has 0 bridgehead atoms. The van der Waals surface area contributed by atoms with Gasteiger partial charge in [0.15, 0.2) is 0 Å². The molecule has 2 aromatic heterocycles. The summed E-state index contributed by atoms with van der Waals surface area (Å²) < 4.78 is 5.31. The highest BCUT2D eigenvalue weighted by Gasteiger charge is 2.13. The molecule has 0 aliphatic carbocycles. The van der Waals surface area contributed by atoms with Crippen LogP contribution in [-0.2, 0) is 0 Å². The molecule has 0 fully saturated rings. The molecule has 0 unspecified atom stereocenters. The fourth-order valence-corrected chi connectivity index (χ4v) is 7.28. The molecule has 7 aromatic rings. The van der Waals surface area contributed by atoms with Gasteiger partial charge < -0.3 is 0 Å². The van der Waals surface area contributed by atoms with E-state index in [4.69, 9.17) is 11.6 Å². The summed E-state index contributed by atoms with van der Waals surface area (Å²) in [6.45, 7) is 0. The molecule has 0 aliphatic rings. The molecule has 0 nitrogen and oxygen atoms in total. The summed E-state index contributed by atoms with van der Waals surface area (Å²) in [4.78, 5) is 0. The van der Waals surface area contributed by atoms with Crippen molar-refractivity contribution in [3.8, 4) is 11.1 Å². The monoisotopic (exact) mass is 450 g/mol. The van der Waals surface area contributed by atoms with Gasteiger partial charge in [-0.15, -0.1) is 22.7 Å². The summed E-state index contributed by atoms with van der Waals surface area (Å²) in [5.74, 6) is 0. The molecule has 31 heavy (non-hydrogen) atoms. The molecular formula is C28H15ClS2. The molecule has 146 valence electrons. The van der Waals surface area contributed by atoms with Gasteiger partial charge in [0.2, 0.25) is 0 Å². The van der Waals surface area contributed by atoms with Crippen molar-refractivity contribution in [2.24, 2.45) is 0 Å². The normalized spacial score (nSPS) is 12.0. The molecule has 0 atom stereocenters. The van der Waals surface area contributed by atoms with Gasteiger partial charge in [0.25, 0.3) is 0 Å². The Morgan fingerprint density at radius 1 is 0.516 bits per heavy atom. The summed E-state index contributed by atoms with van der Waals surface area (Å²) in [5, 5.41) is 8.63. The second-order valence-corrected chi connectivity index (χ2v) is 10.4. The Hall–Kier alpha value is -2.91. The molecule has 5 aromatic carbocycles. The van der Waals surface area contributed by atoms with Gasteiger partial charge >= 0.3 is 0 Å². The molecule has 7 rings (SSSR count). The maximum Gasteiger partial charge on any atom is 0.0433 e. The zero-order valence-electron chi connectivity index (χ0n) is 16.4. The molecular weight excluding hydrogens is 436 g/mol. The van der Waals surface area contributed by atoms with Gasteiger partial charge in [-0.1, -0.05) is 72.3 Å². The van der Waals surface area contributed by atoms with Gasteiger partial charge in [0, 0.05) is 45.4 Å². The Kier molecular flexibility index (Phi) is 3.74. The maximum absolute atomic E-state index is 6.29. The zero-order valence-corrected chi connectivity index (χ0v) is 18.7. The summed E-state index contributed by atoms with van der Waals surface area (Å²) in [5.41, 5.74) is 2.56. The second-order valence-electron chi connectivity index (χ2n) is 7.90. The van der Waals surface area contributed by atoms with Crippen molar-refractivity contribution in [2.45, 2.75) is 0 Å². The number of thiophene rings is 2. The number of benzene rings is 5. The van der Waals surface area contributed by atoms with Crippen LogP contribution in [0.1, 0.15) is 0 Å². The third-order valence-electron chi connectivity index (χ3n) is 6.13. The van der Waals surface area contributed by atoms with E-state index in [0.717, 1.165) is 5.02 Å². The summed E-state index contributed by atoms with van der Waals surface area (Å²) in [6.07, 6.45) is 0. The molecule has 2 heterocycles. The number of halogens is 1. The average Bonchev–Trinajstić information content (AvgIpc) is 3.36. The van der Waals surface area contributed by atoms with Crippen LogP contribution in [0.2, 0.25) is 5.02 Å². The van der Waals surface area contributed by atoms with E-state index in [1.165, 1.54) is 62.2 Å². The third-order valence-corrected chi connectivity index (χ3v) is 8.81. The quantitative estimate of drug-likeness (QED) is 0.233. The Morgan fingerprint density at radius 3 is 2.19 bits per heavy atom. The smallest absolute Gasteiger partial charge is 0.0433 e. The van der Waals surface area contributed by atoms with Crippen molar-refractivity contribution in [3.63, 3.8) is 0 Å². The molecule has 3 heteroatoms. The van der Waals surface area contributed by atoms with Crippen LogP contribution in [-0.4, -0.2) is 0 Å². The van der Waals surface area contributed by atoms with E-state index in [1.807, 2.05) is 28.7 Å². The molecule has 0 saturated heterocycles. The van der Waals surface area contributed by atoms with Gasteiger partial charge in [0.1, 0.15) is 0 Å². The number of hydrogen-bond acceptors (Lipinski definition) is 2. The first-order valence-electron chi connectivity index (χ1n) is 10.2. The molecule has 0 amide bonds. The van der Waals surface area contributed by atoms with E-state index < -0.39 is 0 Å². The highest BCUT2D eigenvalue weighted by atomic mass is 35.5. The van der Waals surface area contributed by atoms with Crippen LogP contribution in [0.5, 0.6) is 0 Å². The van der Waals surface area contributed by atoms with Crippen LogP contribution >= 0.6 is 34.3 Å². The summed E-state index contributed by atoms with van der Waals surface area (Å²) in [7, 11) is 0. The molecule has 0 spiro atoms. The SMILES string of the molecule is Clc1ccc2sc3c(-c4ccc5sc6c7ccccc7ccc6c5c4)cccc3c2c1. The van der Waals surface area contributed by atoms with Crippen LogP contribution < -0.4 is 0 Å². The first kappa shape index (κ1) is 17.7. The number of hydrogen-bond donors (Lipinski definition) is 0. The lowest BCUT2D eigenvalue weighted by atomic mass is 10.00. The van der Waals surface area contributed by atoms with Crippen molar-refractivity contribution >= 4 is 85.4 Å². The minimum absolute atomic E-state index is 0.788. The minimum Gasteiger partial charge on any atom is -0.135 e. The largest absolute Gasteiger partial charge is 0.135 e. The third kappa shape index (κ3) is 2.59. The van der Waals surface area contributed by atoms with Crippen molar-refractivity contribution in [1.29, 1.82) is 0 Å². The molecule has 0 aliphatic heterocycles. The van der Waals surface area contributed by atoms with E-state index in [9.17, 15) is 0 Å². The van der Waals surface area contributed by atoms with Crippen LogP contribution in [0.4, 0.5) is 0 Å². The lowest BCUT2D eigenvalue weighted by Gasteiger charge is -2.05. The van der Waals surface area contributed by atoms with Crippen molar-refractivity contribution in [2.75, 3.05) is 0 Å². The lowest BCUT2D eigenvalue weighted by Crippen LogP contribution is -1.78. The van der Waals surface area contributed by atoms with Crippen LogP contribution in [0.3, 0.4) is 0 Å². The Labute approximate surface area is 191 Å². The van der Waals surface area contributed by atoms with Gasteiger partial charge in [0.05, 0.1) is 0 Å². The van der Waals surface area contributed by atoms with Crippen LogP contribution in [0.25, 0.3) is 62.2 Å². The van der Waals surface area contributed by atoms with Crippen LogP contribution in [0.15, 0.2) is 91.0 Å². The van der Waals surface area contributed by atoms with Gasteiger partial charge in [-0.05, 0) is 52.2 Å². The van der Waals surface area contributed by atoms with Gasteiger partial charge in [-0.2, -0.15) is 0 Å². The fourth-order valence-electron chi connectivity index (χ4n) is 4.67. The Morgan fingerprint density at radius 2 is 1.26 bits per heavy atom. The van der Waals surface area contributed by atoms with E-state index in [1.54, 1.807) is 0 Å². The standard InChI is InChI=1S/C28H15ClS2/c29-18-10-13-26-24(15-18)21-7-3-6-20(28(21)31-26)17-9-12-25-23(14-17)22-11-8-16-4-1-2-5-19(16)27(22)30-25/h1-15H. The predicted octanol–water partition coefficient (Wildman–Crippen LogP) is 9.90. The van der Waals surface area contributed by atoms with Crippen molar-refractivity contribution < 1.29 is 0 Å². The highest BCUT2D eigenvalue weighted by molar-refractivity contribution is 7.27. The van der Waals surface area contributed by atoms with E-state index in [0.29, 0.717) is 0 Å². The lowest BCUT2D eigenvalue weighted by molar-refractivity contribution is 1.75. The first-order valence-corrected chi connectivity index (χ1v) is 12.2. The maximum atomic E-state index is 6.29. The van der Waals surface area contributed by atoms with Crippen LogP contribution in [0, 0.1) is 0 Å². The predicted molar refractivity (Wildman–Crippen MR) is 140 cm³/mol. The topological polar surface area (TPSA) is 0 Å². The molecule has 0 radical (unpaired) electrons. The van der Waals surface area contributed by atoms with Crippen molar-refractivity contribution in [1.82, 2.24) is 0 Å². The number of rotatable bonds is 1. The summed E-state index contributed by atoms with van der Waals surface area (Å²) >= 11 is 10.0. The minimum atomic E-state index is 0.788. The van der Waals surface area contributed by atoms with E-state index >= 15 is 0 Å². The molecule has 0 saturated carbocycles. The average molecular weight is 451 g/mol. The Balaban J connectivity index is 1.52. The number of fused-ring (bicyclic) bond motifs is 8. The van der Waals surface area contributed by atoms with E-state index in [-0.39, 0.29) is 0 Å². The zero-order chi connectivity index (χ0) is 20.5. The van der Waals surface area contributed by atoms with Gasteiger partial charge in [-0.25, -0.2) is 0 Å². The fraction of sp³-hybridized carbons (Fsp3) is 0.